The lowest BCUT2D eigenvalue weighted by atomic mass is 10.2. The van der Waals surface area contributed by atoms with E-state index in [0.29, 0.717) is 13.2 Å². The van der Waals surface area contributed by atoms with Crippen LogP contribution in [0.4, 0.5) is 0 Å². The Morgan fingerprint density at radius 2 is 2.14 bits per heavy atom. The van der Waals surface area contributed by atoms with Gasteiger partial charge in [0, 0.05) is 5.69 Å². The third kappa shape index (κ3) is 4.35. The van der Waals surface area contributed by atoms with Gasteiger partial charge in [0.25, 0.3) is 0 Å². The molecule has 0 bridgehead atoms. The quantitative estimate of drug-likeness (QED) is 0.794. The highest BCUT2D eigenvalue weighted by Gasteiger charge is 2.12. The first-order valence-corrected chi connectivity index (χ1v) is 4.70. The third-order valence-corrected chi connectivity index (χ3v) is 1.65. The van der Waals surface area contributed by atoms with Crippen molar-refractivity contribution in [2.24, 2.45) is 0 Å². The second-order valence-corrected chi connectivity index (χ2v) is 4.08. The molecule has 0 amide bonds. The Balaban J connectivity index is 2.39. The van der Waals surface area contributed by atoms with Crippen LogP contribution in [0, 0.1) is 6.92 Å². The molecule has 0 aromatic carbocycles. The van der Waals surface area contributed by atoms with E-state index in [4.69, 9.17) is 4.74 Å². The summed E-state index contributed by atoms with van der Waals surface area (Å²) in [6.07, 6.45) is 0. The number of nitrogens with zero attached hydrogens (tertiary/aromatic N) is 1. The van der Waals surface area contributed by atoms with E-state index in [2.05, 4.69) is 4.98 Å². The Hall–Kier alpha value is -0.930. The van der Waals surface area contributed by atoms with Crippen molar-refractivity contribution in [3.63, 3.8) is 0 Å². The molecule has 0 fully saturated rings. The minimum absolute atomic E-state index is 0.322. The SMILES string of the molecule is Cc1cccc(COCC(C)(C)O)n1. The maximum Gasteiger partial charge on any atom is 0.0889 e. The summed E-state index contributed by atoms with van der Waals surface area (Å²) in [7, 11) is 0. The summed E-state index contributed by atoms with van der Waals surface area (Å²) in [5.74, 6) is 0. The average molecular weight is 195 g/mol. The zero-order chi connectivity index (χ0) is 10.6. The molecule has 0 aliphatic rings. The Morgan fingerprint density at radius 3 is 2.71 bits per heavy atom. The average Bonchev–Trinajstić information content (AvgIpc) is 2.01. The number of pyridine rings is 1. The highest BCUT2D eigenvalue weighted by molar-refractivity contribution is 5.08. The van der Waals surface area contributed by atoms with Crippen LogP contribution in [-0.4, -0.2) is 22.3 Å². The van der Waals surface area contributed by atoms with Gasteiger partial charge in [0.15, 0.2) is 0 Å². The second kappa shape index (κ2) is 4.53. The molecule has 0 atom stereocenters. The summed E-state index contributed by atoms with van der Waals surface area (Å²) in [6.45, 7) is 6.15. The summed E-state index contributed by atoms with van der Waals surface area (Å²) in [5.41, 5.74) is 1.10. The zero-order valence-corrected chi connectivity index (χ0v) is 8.95. The van der Waals surface area contributed by atoms with Crippen molar-refractivity contribution in [1.82, 2.24) is 4.98 Å². The van der Waals surface area contributed by atoms with Crippen molar-refractivity contribution in [3.8, 4) is 0 Å². The van der Waals surface area contributed by atoms with E-state index >= 15 is 0 Å². The van der Waals surface area contributed by atoms with Gasteiger partial charge >= 0.3 is 0 Å². The van der Waals surface area contributed by atoms with Gasteiger partial charge < -0.3 is 9.84 Å². The molecular formula is C11H17NO2. The monoisotopic (exact) mass is 195 g/mol. The number of hydrogen-bond acceptors (Lipinski definition) is 3. The fourth-order valence-corrected chi connectivity index (χ4v) is 1.09. The van der Waals surface area contributed by atoms with Crippen molar-refractivity contribution < 1.29 is 9.84 Å². The van der Waals surface area contributed by atoms with Crippen LogP contribution in [0.1, 0.15) is 25.2 Å². The van der Waals surface area contributed by atoms with Gasteiger partial charge in [-0.25, -0.2) is 0 Å². The first-order chi connectivity index (χ1) is 6.47. The van der Waals surface area contributed by atoms with Crippen LogP contribution in [0.3, 0.4) is 0 Å². The molecule has 0 aliphatic heterocycles. The van der Waals surface area contributed by atoms with E-state index < -0.39 is 5.60 Å². The Bertz CT molecular complexity index is 292. The van der Waals surface area contributed by atoms with Gasteiger partial charge in [0.2, 0.25) is 0 Å². The Kier molecular flexibility index (Phi) is 3.61. The highest BCUT2D eigenvalue weighted by atomic mass is 16.5. The molecule has 1 heterocycles. The van der Waals surface area contributed by atoms with Gasteiger partial charge in [-0.2, -0.15) is 0 Å². The van der Waals surface area contributed by atoms with E-state index in [1.807, 2.05) is 25.1 Å². The van der Waals surface area contributed by atoms with Crippen LogP contribution < -0.4 is 0 Å². The molecule has 0 spiro atoms. The first kappa shape index (κ1) is 11.1. The van der Waals surface area contributed by atoms with Crippen LogP contribution in [0.5, 0.6) is 0 Å². The van der Waals surface area contributed by atoms with E-state index in [-0.39, 0.29) is 0 Å². The molecule has 0 unspecified atom stereocenters. The number of hydrogen-bond donors (Lipinski definition) is 1. The maximum atomic E-state index is 9.40. The molecule has 78 valence electrons. The highest BCUT2D eigenvalue weighted by Crippen LogP contribution is 2.04. The summed E-state index contributed by atoms with van der Waals surface area (Å²) in [5, 5.41) is 9.40. The molecule has 1 aromatic heterocycles. The van der Waals surface area contributed by atoms with E-state index in [9.17, 15) is 5.11 Å². The van der Waals surface area contributed by atoms with Crippen molar-refractivity contribution in [1.29, 1.82) is 0 Å². The fourth-order valence-electron chi connectivity index (χ4n) is 1.09. The summed E-state index contributed by atoms with van der Waals surface area (Å²) in [4.78, 5) is 4.29. The van der Waals surface area contributed by atoms with Crippen molar-refractivity contribution in [2.75, 3.05) is 6.61 Å². The number of ether oxygens (including phenoxy) is 1. The minimum atomic E-state index is -0.774. The molecule has 1 rings (SSSR count). The summed E-state index contributed by atoms with van der Waals surface area (Å²) in [6, 6.07) is 5.81. The van der Waals surface area contributed by atoms with Crippen LogP contribution in [0.2, 0.25) is 0 Å². The molecular weight excluding hydrogens is 178 g/mol. The molecule has 0 saturated carbocycles. The fraction of sp³-hybridized carbons (Fsp3) is 0.545. The summed E-state index contributed by atoms with van der Waals surface area (Å²) >= 11 is 0. The molecule has 1 N–H and O–H groups in total. The van der Waals surface area contributed by atoms with E-state index in [1.165, 1.54) is 0 Å². The Morgan fingerprint density at radius 1 is 1.43 bits per heavy atom. The van der Waals surface area contributed by atoms with Crippen LogP contribution >= 0.6 is 0 Å². The predicted octanol–water partition coefficient (Wildman–Crippen LogP) is 1.68. The molecule has 0 radical (unpaired) electrons. The lowest BCUT2D eigenvalue weighted by molar-refractivity contribution is -0.0276. The largest absolute Gasteiger partial charge is 0.388 e. The number of aliphatic hydroxyl groups is 1. The molecule has 0 saturated heterocycles. The lowest BCUT2D eigenvalue weighted by Gasteiger charge is -2.16. The molecule has 0 aliphatic carbocycles. The number of rotatable bonds is 4. The zero-order valence-electron chi connectivity index (χ0n) is 8.95. The maximum absolute atomic E-state index is 9.40. The van der Waals surface area contributed by atoms with E-state index in [1.54, 1.807) is 13.8 Å². The van der Waals surface area contributed by atoms with Gasteiger partial charge in [-0.3, -0.25) is 4.98 Å². The van der Waals surface area contributed by atoms with Gasteiger partial charge in [-0.05, 0) is 32.9 Å². The molecule has 1 aromatic rings. The van der Waals surface area contributed by atoms with Gasteiger partial charge in [-0.15, -0.1) is 0 Å². The van der Waals surface area contributed by atoms with Crippen LogP contribution in [0.15, 0.2) is 18.2 Å². The number of aromatic nitrogens is 1. The normalized spacial score (nSPS) is 11.7. The van der Waals surface area contributed by atoms with E-state index in [0.717, 1.165) is 11.4 Å². The van der Waals surface area contributed by atoms with Gasteiger partial charge in [0.1, 0.15) is 0 Å². The molecule has 14 heavy (non-hydrogen) atoms. The third-order valence-electron chi connectivity index (χ3n) is 1.65. The Labute approximate surface area is 84.7 Å². The van der Waals surface area contributed by atoms with Crippen molar-refractivity contribution >= 4 is 0 Å². The molecule has 3 heteroatoms. The molecule has 3 nitrogen and oxygen atoms in total. The lowest BCUT2D eigenvalue weighted by Crippen LogP contribution is -2.25. The minimum Gasteiger partial charge on any atom is -0.388 e. The second-order valence-electron chi connectivity index (χ2n) is 4.08. The number of aryl methyl sites for hydroxylation is 1. The topological polar surface area (TPSA) is 42.4 Å². The van der Waals surface area contributed by atoms with Crippen molar-refractivity contribution in [2.45, 2.75) is 33.0 Å². The summed E-state index contributed by atoms with van der Waals surface area (Å²) < 4.78 is 5.33. The smallest absolute Gasteiger partial charge is 0.0889 e. The van der Waals surface area contributed by atoms with Gasteiger partial charge in [-0.1, -0.05) is 6.07 Å². The van der Waals surface area contributed by atoms with Crippen molar-refractivity contribution in [3.05, 3.63) is 29.6 Å². The standard InChI is InChI=1S/C11H17NO2/c1-9-5-4-6-10(12-9)7-14-8-11(2,3)13/h4-6,13H,7-8H2,1-3H3. The predicted molar refractivity (Wildman–Crippen MR) is 54.9 cm³/mol. The van der Waals surface area contributed by atoms with Crippen LogP contribution in [0.25, 0.3) is 0 Å². The first-order valence-electron chi connectivity index (χ1n) is 4.70. The van der Waals surface area contributed by atoms with Crippen LogP contribution in [-0.2, 0) is 11.3 Å². The van der Waals surface area contributed by atoms with Gasteiger partial charge in [0.05, 0.1) is 24.5 Å².